The average molecular weight is 328 g/mol. The molecule has 0 aliphatic carbocycles. The van der Waals surface area contributed by atoms with Crippen LogP contribution in [0.4, 0.5) is 0 Å². The van der Waals surface area contributed by atoms with Gasteiger partial charge in [-0.05, 0) is 18.6 Å². The van der Waals surface area contributed by atoms with Crippen molar-refractivity contribution in [2.75, 3.05) is 0 Å². The van der Waals surface area contributed by atoms with E-state index in [1.54, 1.807) is 4.40 Å². The normalized spacial score (nSPS) is 11.5. The number of fused-ring (bicyclic) bond motifs is 2. The number of aromatic amines is 1. The van der Waals surface area contributed by atoms with E-state index in [1.807, 2.05) is 31.2 Å². The molecular formula is C15H12N4OS2. The van der Waals surface area contributed by atoms with Crippen LogP contribution in [0.2, 0.25) is 0 Å². The van der Waals surface area contributed by atoms with Crippen molar-refractivity contribution >= 4 is 39.1 Å². The molecule has 1 aromatic carbocycles. The van der Waals surface area contributed by atoms with Crippen LogP contribution < -0.4 is 5.56 Å². The van der Waals surface area contributed by atoms with Gasteiger partial charge in [0.1, 0.15) is 4.83 Å². The fourth-order valence-electron chi connectivity index (χ4n) is 2.32. The smallest absolute Gasteiger partial charge is 0.268 e. The van der Waals surface area contributed by atoms with Gasteiger partial charge in [-0.1, -0.05) is 42.1 Å². The Hall–Kier alpha value is -2.12. The summed E-state index contributed by atoms with van der Waals surface area (Å²) in [6.07, 6.45) is 0. The van der Waals surface area contributed by atoms with E-state index in [0.717, 1.165) is 15.5 Å². The zero-order valence-electron chi connectivity index (χ0n) is 11.7. The Morgan fingerprint density at radius 3 is 2.95 bits per heavy atom. The van der Waals surface area contributed by atoms with Crippen LogP contribution in [0.5, 0.6) is 0 Å². The molecule has 0 saturated carbocycles. The highest BCUT2D eigenvalue weighted by molar-refractivity contribution is 7.98. The minimum absolute atomic E-state index is 0.0614. The Balaban J connectivity index is 1.78. The van der Waals surface area contributed by atoms with Gasteiger partial charge < -0.3 is 0 Å². The lowest BCUT2D eigenvalue weighted by Crippen LogP contribution is -2.14. The molecular weight excluding hydrogens is 316 g/mol. The maximum atomic E-state index is 12.7. The van der Waals surface area contributed by atoms with Gasteiger partial charge in [-0.3, -0.25) is 4.79 Å². The van der Waals surface area contributed by atoms with Crippen molar-refractivity contribution in [1.82, 2.24) is 19.6 Å². The van der Waals surface area contributed by atoms with Crippen LogP contribution in [-0.2, 0) is 5.75 Å². The lowest BCUT2D eigenvalue weighted by molar-refractivity contribution is 0.902. The van der Waals surface area contributed by atoms with Gasteiger partial charge in [-0.25, -0.2) is 14.5 Å². The van der Waals surface area contributed by atoms with E-state index in [0.29, 0.717) is 16.3 Å². The van der Waals surface area contributed by atoms with Gasteiger partial charge in [0.25, 0.3) is 5.56 Å². The topological polar surface area (TPSA) is 63.1 Å². The number of H-pyrrole nitrogens is 1. The number of rotatable bonds is 3. The molecule has 22 heavy (non-hydrogen) atoms. The standard InChI is InChI=1S/C15H12N4OS2/c1-9-7-11-12(22-9)16-14-17-18-15(19(14)13(11)20)21-8-10-5-3-2-4-6-10/h2-7H,8H2,1H3,(H,16,17). The summed E-state index contributed by atoms with van der Waals surface area (Å²) in [6, 6.07) is 12.0. The fraction of sp³-hybridized carbons (Fsp3) is 0.133. The van der Waals surface area contributed by atoms with Gasteiger partial charge >= 0.3 is 0 Å². The number of nitrogens with zero attached hydrogens (tertiary/aromatic N) is 3. The molecule has 0 aliphatic rings. The number of thiophene rings is 1. The maximum absolute atomic E-state index is 12.7. The van der Waals surface area contributed by atoms with E-state index in [2.05, 4.69) is 27.3 Å². The van der Waals surface area contributed by atoms with Crippen molar-refractivity contribution in [3.63, 3.8) is 0 Å². The minimum atomic E-state index is -0.0614. The molecule has 0 fully saturated rings. The quantitative estimate of drug-likeness (QED) is 0.587. The van der Waals surface area contributed by atoms with Crippen molar-refractivity contribution < 1.29 is 0 Å². The van der Waals surface area contributed by atoms with Crippen molar-refractivity contribution in [3.05, 3.63) is 57.2 Å². The first kappa shape index (κ1) is 13.5. The first-order chi connectivity index (χ1) is 10.7. The SMILES string of the molecule is Cc1cc2c(=O)n3c(SCc4ccccc4)n[nH]c3nc2s1. The van der Waals surface area contributed by atoms with Gasteiger partial charge in [-0.2, -0.15) is 0 Å². The molecule has 0 amide bonds. The highest BCUT2D eigenvalue weighted by atomic mass is 32.2. The van der Waals surface area contributed by atoms with Gasteiger partial charge in [0.15, 0.2) is 5.16 Å². The molecule has 0 spiro atoms. The van der Waals surface area contributed by atoms with E-state index in [4.69, 9.17) is 0 Å². The van der Waals surface area contributed by atoms with Crippen LogP contribution in [0, 0.1) is 6.92 Å². The van der Waals surface area contributed by atoms with E-state index in [9.17, 15) is 4.79 Å². The Morgan fingerprint density at radius 2 is 2.14 bits per heavy atom. The number of aromatic nitrogens is 4. The van der Waals surface area contributed by atoms with E-state index >= 15 is 0 Å². The molecule has 0 unspecified atom stereocenters. The zero-order chi connectivity index (χ0) is 15.1. The van der Waals surface area contributed by atoms with Crippen molar-refractivity contribution in [2.45, 2.75) is 17.8 Å². The van der Waals surface area contributed by atoms with Gasteiger partial charge in [-0.15, -0.1) is 16.4 Å². The van der Waals surface area contributed by atoms with E-state index in [1.165, 1.54) is 28.7 Å². The predicted octanol–water partition coefficient (Wildman–Crippen LogP) is 3.23. The van der Waals surface area contributed by atoms with Gasteiger partial charge in [0, 0.05) is 10.6 Å². The third-order valence-electron chi connectivity index (χ3n) is 3.34. The molecule has 3 heterocycles. The Labute approximate surface area is 134 Å². The molecule has 1 N–H and O–H groups in total. The number of hydrogen-bond donors (Lipinski definition) is 1. The summed E-state index contributed by atoms with van der Waals surface area (Å²) in [5.41, 5.74) is 1.13. The molecule has 3 aromatic heterocycles. The van der Waals surface area contributed by atoms with Crippen molar-refractivity contribution in [3.8, 4) is 0 Å². The summed E-state index contributed by atoms with van der Waals surface area (Å²) < 4.78 is 1.56. The molecule has 4 rings (SSSR count). The second-order valence-corrected chi connectivity index (χ2v) is 7.11. The Bertz CT molecular complexity index is 1020. The first-order valence-electron chi connectivity index (χ1n) is 6.76. The third kappa shape index (κ3) is 2.22. The first-order valence-corrected chi connectivity index (χ1v) is 8.56. The maximum Gasteiger partial charge on any atom is 0.270 e. The Kier molecular flexibility index (Phi) is 3.24. The molecule has 0 aliphatic heterocycles. The molecule has 0 radical (unpaired) electrons. The van der Waals surface area contributed by atoms with Crippen LogP contribution >= 0.6 is 23.1 Å². The van der Waals surface area contributed by atoms with Crippen LogP contribution in [0.15, 0.2) is 46.3 Å². The fourth-order valence-corrected chi connectivity index (χ4v) is 4.09. The summed E-state index contributed by atoms with van der Waals surface area (Å²) in [5.74, 6) is 1.25. The van der Waals surface area contributed by atoms with Crippen molar-refractivity contribution in [1.29, 1.82) is 0 Å². The highest BCUT2D eigenvalue weighted by Crippen LogP contribution is 2.24. The third-order valence-corrected chi connectivity index (χ3v) is 5.30. The summed E-state index contributed by atoms with van der Waals surface area (Å²) in [5, 5.41) is 8.39. The van der Waals surface area contributed by atoms with Crippen LogP contribution in [0.1, 0.15) is 10.4 Å². The predicted molar refractivity (Wildman–Crippen MR) is 89.7 cm³/mol. The lowest BCUT2D eigenvalue weighted by Gasteiger charge is -2.00. The second-order valence-electron chi connectivity index (χ2n) is 4.93. The molecule has 0 bridgehead atoms. The highest BCUT2D eigenvalue weighted by Gasteiger charge is 2.14. The molecule has 110 valence electrons. The van der Waals surface area contributed by atoms with Crippen LogP contribution in [0.25, 0.3) is 16.0 Å². The number of thioether (sulfide) groups is 1. The van der Waals surface area contributed by atoms with E-state index in [-0.39, 0.29) is 5.56 Å². The van der Waals surface area contributed by atoms with Gasteiger partial charge in [0.05, 0.1) is 5.39 Å². The number of nitrogens with one attached hydrogen (secondary N) is 1. The lowest BCUT2D eigenvalue weighted by atomic mass is 10.2. The number of aryl methyl sites for hydroxylation is 1. The molecule has 7 heteroatoms. The summed E-state index contributed by atoms with van der Waals surface area (Å²) in [7, 11) is 0. The summed E-state index contributed by atoms with van der Waals surface area (Å²) in [4.78, 5) is 19.0. The summed E-state index contributed by atoms with van der Waals surface area (Å²) >= 11 is 3.04. The minimum Gasteiger partial charge on any atom is -0.268 e. The number of hydrogen-bond acceptors (Lipinski definition) is 5. The van der Waals surface area contributed by atoms with Gasteiger partial charge in [0.2, 0.25) is 5.78 Å². The average Bonchev–Trinajstić information content (AvgIpc) is 3.10. The van der Waals surface area contributed by atoms with E-state index < -0.39 is 0 Å². The molecule has 5 nitrogen and oxygen atoms in total. The van der Waals surface area contributed by atoms with Crippen LogP contribution in [-0.4, -0.2) is 19.6 Å². The van der Waals surface area contributed by atoms with Crippen LogP contribution in [0.3, 0.4) is 0 Å². The number of benzene rings is 1. The second kappa shape index (κ2) is 5.26. The monoisotopic (exact) mass is 328 g/mol. The largest absolute Gasteiger partial charge is 0.270 e. The molecule has 0 atom stereocenters. The summed E-state index contributed by atoms with van der Waals surface area (Å²) in [6.45, 7) is 1.98. The van der Waals surface area contributed by atoms with Crippen molar-refractivity contribution in [2.24, 2.45) is 0 Å². The Morgan fingerprint density at radius 1 is 1.32 bits per heavy atom. The zero-order valence-corrected chi connectivity index (χ0v) is 13.4. The molecule has 4 aromatic rings. The molecule has 0 saturated heterocycles.